The molecular weight excluding hydrogens is 536 g/mol. The number of benzene rings is 4. The van der Waals surface area contributed by atoms with Gasteiger partial charge >= 0.3 is 0 Å². The lowest BCUT2D eigenvalue weighted by Crippen LogP contribution is -2.37. The molecule has 4 aromatic carbocycles. The highest BCUT2D eigenvalue weighted by Gasteiger charge is 2.45. The van der Waals surface area contributed by atoms with E-state index >= 15 is 0 Å². The molecule has 2 aliphatic rings. The van der Waals surface area contributed by atoms with Crippen molar-refractivity contribution in [3.63, 3.8) is 0 Å². The third-order valence-corrected chi connectivity index (χ3v) is 7.59. The van der Waals surface area contributed by atoms with E-state index in [0.29, 0.717) is 11.1 Å². The van der Waals surface area contributed by atoms with Gasteiger partial charge in [0.05, 0.1) is 6.10 Å². The number of aromatic hydroxyl groups is 7. The molecule has 0 aliphatic carbocycles. The van der Waals surface area contributed by atoms with Crippen molar-refractivity contribution in [1.82, 2.24) is 0 Å². The van der Waals surface area contributed by atoms with Crippen LogP contribution in [0.2, 0.25) is 0 Å². The van der Waals surface area contributed by atoms with Crippen LogP contribution in [-0.2, 0) is 6.42 Å². The first-order chi connectivity index (χ1) is 19.5. The summed E-state index contributed by atoms with van der Waals surface area (Å²) in [7, 11) is 0. The minimum absolute atomic E-state index is 0.0395. The average Bonchev–Trinajstić information content (AvgIpc) is 2.92. The maximum absolute atomic E-state index is 11.6. The Morgan fingerprint density at radius 2 is 1.22 bits per heavy atom. The molecule has 0 radical (unpaired) electrons. The second kappa shape index (κ2) is 9.58. The molecule has 0 amide bonds. The molecule has 0 aromatic heterocycles. The molecule has 0 saturated carbocycles. The van der Waals surface area contributed by atoms with Gasteiger partial charge in [0.1, 0.15) is 41.0 Å². The Morgan fingerprint density at radius 1 is 0.585 bits per heavy atom. The smallest absolute Gasteiger partial charge is 0.157 e. The molecule has 0 unspecified atom stereocenters. The fourth-order valence-electron chi connectivity index (χ4n) is 5.61. The van der Waals surface area contributed by atoms with Crippen LogP contribution in [0.5, 0.6) is 51.7 Å². The normalized spacial score (nSPS) is 23.1. The van der Waals surface area contributed by atoms with Crippen molar-refractivity contribution >= 4 is 0 Å². The van der Waals surface area contributed by atoms with Gasteiger partial charge in [0.25, 0.3) is 0 Å². The number of hydrogen-bond donors (Lipinski definition) is 9. The first-order valence-corrected chi connectivity index (χ1v) is 12.7. The highest BCUT2D eigenvalue weighted by Crippen LogP contribution is 2.56. The van der Waals surface area contributed by atoms with Crippen LogP contribution in [0.4, 0.5) is 0 Å². The lowest BCUT2D eigenvalue weighted by Gasteiger charge is -2.41. The van der Waals surface area contributed by atoms with Gasteiger partial charge in [-0.25, -0.2) is 0 Å². The van der Waals surface area contributed by atoms with E-state index in [0.717, 1.165) is 6.07 Å². The molecule has 6 rings (SSSR count). The largest absolute Gasteiger partial charge is 0.508 e. The molecule has 11 heteroatoms. The lowest BCUT2D eigenvalue weighted by molar-refractivity contribution is -0.00190. The molecule has 0 saturated heterocycles. The van der Waals surface area contributed by atoms with Crippen molar-refractivity contribution in [3.8, 4) is 51.7 Å². The SMILES string of the molecule is Oc1ccc([C@H]2c3c(O)cc4c(c3O[C@@H](c3ccc(O)c(O)c3)[C@H]2O)C[C@H](O)[C@@H](c2ccc(O)c(O)c2)O4)c(O)c1. The molecule has 0 spiro atoms. The summed E-state index contributed by atoms with van der Waals surface area (Å²) >= 11 is 0. The van der Waals surface area contributed by atoms with Crippen LogP contribution in [0.15, 0.2) is 60.7 Å². The van der Waals surface area contributed by atoms with Gasteiger partial charge in [-0.1, -0.05) is 18.2 Å². The minimum atomic E-state index is -1.44. The molecule has 0 fully saturated rings. The standard InChI is InChI=1S/C30H26O11/c31-14-3-4-15(19(34)9-14)25-26-22(37)11-24-16(10-23(38)28(40-24)12-1-5-17(32)20(35)7-12)30(26)41-29(27(25)39)13-2-6-18(33)21(36)8-13/h1-9,11,23,25,27-29,31-39H,10H2/t23-,25-,27-,28+,29-/m0/s1. The first kappa shape index (κ1) is 26.2. The van der Waals surface area contributed by atoms with E-state index < -0.39 is 41.8 Å². The summed E-state index contributed by atoms with van der Waals surface area (Å²) in [4.78, 5) is 0. The molecule has 0 bridgehead atoms. The zero-order valence-corrected chi connectivity index (χ0v) is 21.2. The topological polar surface area (TPSA) is 201 Å². The maximum atomic E-state index is 11.6. The Bertz CT molecular complexity index is 1670. The fraction of sp³-hybridized carbons (Fsp3) is 0.200. The van der Waals surface area contributed by atoms with Gasteiger partial charge in [-0.2, -0.15) is 0 Å². The molecule has 9 N–H and O–H groups in total. The molecule has 5 atom stereocenters. The van der Waals surface area contributed by atoms with E-state index in [1.54, 1.807) is 0 Å². The molecule has 212 valence electrons. The Morgan fingerprint density at radius 3 is 1.83 bits per heavy atom. The molecule has 4 aromatic rings. The van der Waals surface area contributed by atoms with Crippen LogP contribution in [0.3, 0.4) is 0 Å². The number of aliphatic hydroxyl groups excluding tert-OH is 2. The second-order valence-electron chi connectivity index (χ2n) is 10.2. The number of rotatable bonds is 3. The minimum Gasteiger partial charge on any atom is -0.508 e. The van der Waals surface area contributed by atoms with Crippen LogP contribution < -0.4 is 9.47 Å². The quantitative estimate of drug-likeness (QED) is 0.166. The highest BCUT2D eigenvalue weighted by molar-refractivity contribution is 5.64. The van der Waals surface area contributed by atoms with Crippen molar-refractivity contribution in [2.75, 3.05) is 0 Å². The average molecular weight is 563 g/mol. The van der Waals surface area contributed by atoms with Gasteiger partial charge in [-0.15, -0.1) is 0 Å². The summed E-state index contributed by atoms with van der Waals surface area (Å²) in [6.45, 7) is 0. The van der Waals surface area contributed by atoms with E-state index in [1.165, 1.54) is 54.6 Å². The maximum Gasteiger partial charge on any atom is 0.157 e. The molecular formula is C30H26O11. The van der Waals surface area contributed by atoms with E-state index in [2.05, 4.69) is 0 Å². The molecule has 11 nitrogen and oxygen atoms in total. The Hall–Kier alpha value is -5.00. The lowest BCUT2D eigenvalue weighted by atomic mass is 9.77. The van der Waals surface area contributed by atoms with Crippen LogP contribution in [0.25, 0.3) is 0 Å². The van der Waals surface area contributed by atoms with E-state index in [-0.39, 0.29) is 63.4 Å². The predicted molar refractivity (Wildman–Crippen MR) is 142 cm³/mol. The Kier molecular flexibility index (Phi) is 6.13. The third kappa shape index (κ3) is 4.31. The van der Waals surface area contributed by atoms with Crippen LogP contribution in [-0.4, -0.2) is 58.2 Å². The zero-order valence-electron chi connectivity index (χ0n) is 21.2. The summed E-state index contributed by atoms with van der Waals surface area (Å²) < 4.78 is 12.3. The summed E-state index contributed by atoms with van der Waals surface area (Å²) in [5, 5.41) is 94.1. The number of ether oxygens (including phenoxy) is 2. The van der Waals surface area contributed by atoms with Crippen LogP contribution in [0, 0.1) is 0 Å². The monoisotopic (exact) mass is 562 g/mol. The number of fused-ring (bicyclic) bond motifs is 3. The highest BCUT2D eigenvalue weighted by atomic mass is 16.5. The molecule has 2 heterocycles. The predicted octanol–water partition coefficient (Wildman–Crippen LogP) is 3.29. The number of aliphatic hydroxyl groups is 2. The molecule has 41 heavy (non-hydrogen) atoms. The first-order valence-electron chi connectivity index (χ1n) is 12.7. The van der Waals surface area contributed by atoms with Gasteiger partial charge in [-0.05, 0) is 41.5 Å². The van der Waals surface area contributed by atoms with Crippen molar-refractivity contribution < 1.29 is 55.4 Å². The van der Waals surface area contributed by atoms with Crippen LogP contribution in [0.1, 0.15) is 45.9 Å². The zero-order chi connectivity index (χ0) is 29.2. The van der Waals surface area contributed by atoms with Crippen molar-refractivity contribution in [1.29, 1.82) is 0 Å². The third-order valence-electron chi connectivity index (χ3n) is 7.59. The van der Waals surface area contributed by atoms with Crippen LogP contribution >= 0.6 is 0 Å². The van der Waals surface area contributed by atoms with Gasteiger partial charge in [0.15, 0.2) is 29.1 Å². The number of hydrogen-bond acceptors (Lipinski definition) is 11. The van der Waals surface area contributed by atoms with E-state index in [4.69, 9.17) is 9.47 Å². The summed E-state index contributed by atoms with van der Waals surface area (Å²) in [6.07, 6.45) is -4.79. The Balaban J connectivity index is 1.51. The van der Waals surface area contributed by atoms with Gasteiger partial charge in [-0.3, -0.25) is 0 Å². The summed E-state index contributed by atoms with van der Waals surface area (Å²) in [6, 6.07) is 13.0. The van der Waals surface area contributed by atoms with Crippen molar-refractivity contribution in [2.45, 2.75) is 36.8 Å². The second-order valence-corrected chi connectivity index (χ2v) is 10.2. The van der Waals surface area contributed by atoms with Gasteiger partial charge in [0, 0.05) is 41.2 Å². The molecule has 2 aliphatic heterocycles. The van der Waals surface area contributed by atoms with Gasteiger partial charge in [0.2, 0.25) is 0 Å². The summed E-state index contributed by atoms with van der Waals surface area (Å²) in [5.74, 6) is -3.36. The van der Waals surface area contributed by atoms with E-state index in [1.807, 2.05) is 0 Å². The van der Waals surface area contributed by atoms with Gasteiger partial charge < -0.3 is 55.4 Å². The number of phenols is 7. The summed E-state index contributed by atoms with van der Waals surface area (Å²) in [5.41, 5.74) is 1.27. The number of phenolic OH excluding ortho intramolecular Hbond substituents is 7. The van der Waals surface area contributed by atoms with Crippen molar-refractivity contribution in [2.24, 2.45) is 0 Å². The fourth-order valence-corrected chi connectivity index (χ4v) is 5.61. The Labute approximate surface area is 232 Å². The van der Waals surface area contributed by atoms with E-state index in [9.17, 15) is 46.0 Å². The van der Waals surface area contributed by atoms with Crippen molar-refractivity contribution in [3.05, 3.63) is 88.5 Å².